The number of nitrogens with zero attached hydrogens (tertiary/aromatic N) is 2. The first-order chi connectivity index (χ1) is 7.10. The highest BCUT2D eigenvalue weighted by atomic mass is 16.6. The first-order valence-corrected chi connectivity index (χ1v) is 4.32. The van der Waals surface area contributed by atoms with Crippen LogP contribution >= 0.6 is 0 Å². The third-order valence-corrected chi connectivity index (χ3v) is 1.90. The number of nitrogen functional groups attached to an aromatic ring is 1. The van der Waals surface area contributed by atoms with Crippen molar-refractivity contribution in [2.75, 3.05) is 24.7 Å². The van der Waals surface area contributed by atoms with E-state index in [4.69, 9.17) is 10.8 Å². The van der Waals surface area contributed by atoms with E-state index in [1.54, 1.807) is 7.05 Å². The number of rotatable bonds is 4. The highest BCUT2D eigenvalue weighted by Gasteiger charge is 2.19. The Morgan fingerprint density at radius 3 is 2.87 bits per heavy atom. The van der Waals surface area contributed by atoms with Crippen molar-refractivity contribution < 1.29 is 10.0 Å². The Morgan fingerprint density at radius 1 is 1.73 bits per heavy atom. The van der Waals surface area contributed by atoms with Gasteiger partial charge in [0.05, 0.1) is 5.56 Å². The van der Waals surface area contributed by atoms with E-state index in [-0.39, 0.29) is 24.7 Å². The van der Waals surface area contributed by atoms with Crippen LogP contribution in [0.4, 0.5) is 17.3 Å². The van der Waals surface area contributed by atoms with E-state index < -0.39 is 4.92 Å². The van der Waals surface area contributed by atoms with Gasteiger partial charge in [0.2, 0.25) is 0 Å². The molecular weight excluding hydrogens is 200 g/mol. The van der Waals surface area contributed by atoms with Crippen molar-refractivity contribution in [1.29, 1.82) is 0 Å². The van der Waals surface area contributed by atoms with Gasteiger partial charge in [0.15, 0.2) is 0 Å². The van der Waals surface area contributed by atoms with Crippen LogP contribution in [0.2, 0.25) is 0 Å². The topological polar surface area (TPSA) is 114 Å². The largest absolute Gasteiger partial charge is 0.396 e. The molecule has 0 amide bonds. The van der Waals surface area contributed by atoms with Crippen molar-refractivity contribution in [3.05, 3.63) is 21.7 Å². The summed E-state index contributed by atoms with van der Waals surface area (Å²) in [5.41, 5.74) is 6.26. The van der Waals surface area contributed by atoms with Crippen LogP contribution in [0.3, 0.4) is 0 Å². The first kappa shape index (κ1) is 11.2. The molecule has 0 bridgehead atoms. The fourth-order valence-electron chi connectivity index (χ4n) is 1.23. The van der Waals surface area contributed by atoms with Crippen LogP contribution < -0.4 is 11.1 Å². The van der Waals surface area contributed by atoms with Crippen molar-refractivity contribution in [1.82, 2.24) is 4.98 Å². The number of aliphatic hydroxyl groups excluding tert-OH is 1. The van der Waals surface area contributed by atoms with Gasteiger partial charge in [-0.2, -0.15) is 0 Å². The standard InChI is InChI=1S/C8H12N4O3/c1-10-7-6(9)4-5(2-3-13)8(11-7)12(14)15/h4,13H,2-3,9H2,1H3,(H,10,11). The van der Waals surface area contributed by atoms with Crippen LogP contribution in [-0.4, -0.2) is 28.7 Å². The third kappa shape index (κ3) is 2.32. The highest BCUT2D eigenvalue weighted by Crippen LogP contribution is 2.24. The maximum absolute atomic E-state index is 10.7. The molecule has 82 valence electrons. The monoisotopic (exact) mass is 212 g/mol. The second-order valence-corrected chi connectivity index (χ2v) is 2.89. The van der Waals surface area contributed by atoms with E-state index in [9.17, 15) is 10.1 Å². The summed E-state index contributed by atoms with van der Waals surface area (Å²) in [4.78, 5) is 13.8. The number of nitro groups is 1. The summed E-state index contributed by atoms with van der Waals surface area (Å²) in [6.07, 6.45) is 0.164. The van der Waals surface area contributed by atoms with E-state index in [1.807, 2.05) is 0 Å². The Labute approximate surface area is 86.1 Å². The van der Waals surface area contributed by atoms with E-state index in [1.165, 1.54) is 6.07 Å². The number of aromatic nitrogens is 1. The van der Waals surface area contributed by atoms with Gasteiger partial charge in [-0.15, -0.1) is 0 Å². The van der Waals surface area contributed by atoms with Crippen LogP contribution in [0.1, 0.15) is 5.56 Å². The number of hydrogen-bond acceptors (Lipinski definition) is 6. The molecule has 0 unspecified atom stereocenters. The molecule has 1 rings (SSSR count). The Balaban J connectivity index is 3.25. The Hall–Kier alpha value is -1.89. The predicted octanol–water partition coefficient (Wildman–Crippen LogP) is 0.149. The molecule has 0 aliphatic heterocycles. The SMILES string of the molecule is CNc1nc([N+](=O)[O-])c(CCO)cc1N. The van der Waals surface area contributed by atoms with Crippen LogP contribution in [0.25, 0.3) is 0 Å². The molecule has 7 nitrogen and oxygen atoms in total. The van der Waals surface area contributed by atoms with Gasteiger partial charge in [0.1, 0.15) is 5.69 Å². The van der Waals surface area contributed by atoms with Crippen molar-refractivity contribution in [2.45, 2.75) is 6.42 Å². The minimum atomic E-state index is -0.592. The molecule has 4 N–H and O–H groups in total. The van der Waals surface area contributed by atoms with Crippen molar-refractivity contribution in [3.8, 4) is 0 Å². The summed E-state index contributed by atoms with van der Waals surface area (Å²) in [6, 6.07) is 1.45. The maximum Gasteiger partial charge on any atom is 0.369 e. The van der Waals surface area contributed by atoms with Crippen LogP contribution in [0.5, 0.6) is 0 Å². The average molecular weight is 212 g/mol. The van der Waals surface area contributed by atoms with Gasteiger partial charge in [-0.3, -0.25) is 0 Å². The van der Waals surface area contributed by atoms with Gasteiger partial charge >= 0.3 is 5.82 Å². The summed E-state index contributed by atoms with van der Waals surface area (Å²) in [5.74, 6) is -0.00834. The molecule has 0 aromatic carbocycles. The van der Waals surface area contributed by atoms with Gasteiger partial charge in [-0.1, -0.05) is 0 Å². The van der Waals surface area contributed by atoms with E-state index in [0.717, 1.165) is 0 Å². The zero-order valence-corrected chi connectivity index (χ0v) is 8.23. The number of aliphatic hydroxyl groups is 1. The van der Waals surface area contributed by atoms with Gasteiger partial charge in [0, 0.05) is 20.1 Å². The summed E-state index contributed by atoms with van der Waals surface area (Å²) >= 11 is 0. The molecule has 0 atom stereocenters. The van der Waals surface area contributed by atoms with Crippen LogP contribution in [-0.2, 0) is 6.42 Å². The summed E-state index contributed by atoms with van der Waals surface area (Å²) in [6.45, 7) is -0.180. The van der Waals surface area contributed by atoms with Gasteiger partial charge < -0.3 is 26.3 Å². The Morgan fingerprint density at radius 2 is 2.40 bits per heavy atom. The normalized spacial score (nSPS) is 10.0. The zero-order valence-electron chi connectivity index (χ0n) is 8.23. The molecule has 0 spiro atoms. The second kappa shape index (κ2) is 4.56. The summed E-state index contributed by atoms with van der Waals surface area (Å²) in [5, 5.41) is 22.1. The smallest absolute Gasteiger partial charge is 0.369 e. The first-order valence-electron chi connectivity index (χ1n) is 4.32. The summed E-state index contributed by atoms with van der Waals surface area (Å²) < 4.78 is 0. The number of nitrogens with two attached hydrogens (primary N) is 1. The van der Waals surface area contributed by atoms with Crippen LogP contribution in [0, 0.1) is 10.1 Å². The molecule has 1 heterocycles. The number of nitrogens with one attached hydrogen (secondary N) is 1. The number of anilines is 2. The molecule has 15 heavy (non-hydrogen) atoms. The quantitative estimate of drug-likeness (QED) is 0.483. The lowest BCUT2D eigenvalue weighted by Gasteiger charge is -2.04. The molecule has 0 saturated carbocycles. The molecule has 0 aliphatic carbocycles. The van der Waals surface area contributed by atoms with Crippen molar-refractivity contribution in [3.63, 3.8) is 0 Å². The van der Waals surface area contributed by atoms with E-state index in [2.05, 4.69) is 10.3 Å². The minimum Gasteiger partial charge on any atom is -0.396 e. The third-order valence-electron chi connectivity index (χ3n) is 1.90. The van der Waals surface area contributed by atoms with Gasteiger partial charge in [-0.05, 0) is 16.0 Å². The van der Waals surface area contributed by atoms with Crippen molar-refractivity contribution in [2.24, 2.45) is 0 Å². The van der Waals surface area contributed by atoms with E-state index in [0.29, 0.717) is 11.3 Å². The molecule has 1 aromatic rings. The van der Waals surface area contributed by atoms with Gasteiger partial charge in [0.25, 0.3) is 5.82 Å². The fraction of sp³-hybridized carbons (Fsp3) is 0.375. The molecule has 0 saturated heterocycles. The predicted molar refractivity (Wildman–Crippen MR) is 55.6 cm³/mol. The fourth-order valence-corrected chi connectivity index (χ4v) is 1.23. The van der Waals surface area contributed by atoms with Gasteiger partial charge in [-0.25, -0.2) is 0 Å². The Kier molecular flexibility index (Phi) is 3.40. The lowest BCUT2D eigenvalue weighted by atomic mass is 10.2. The lowest BCUT2D eigenvalue weighted by molar-refractivity contribution is -0.390. The maximum atomic E-state index is 10.7. The highest BCUT2D eigenvalue weighted by molar-refractivity contribution is 5.64. The summed E-state index contributed by atoms with van der Waals surface area (Å²) in [7, 11) is 1.58. The minimum absolute atomic E-state index is 0.164. The molecule has 0 radical (unpaired) electrons. The van der Waals surface area contributed by atoms with Crippen molar-refractivity contribution >= 4 is 17.3 Å². The molecule has 7 heteroatoms. The van der Waals surface area contributed by atoms with Crippen LogP contribution in [0.15, 0.2) is 6.07 Å². The number of pyridine rings is 1. The average Bonchev–Trinajstić information content (AvgIpc) is 2.18. The second-order valence-electron chi connectivity index (χ2n) is 2.89. The Bertz CT molecular complexity index is 380. The molecule has 0 fully saturated rings. The lowest BCUT2D eigenvalue weighted by Crippen LogP contribution is -2.06. The molecule has 0 aliphatic rings. The number of hydrogen-bond donors (Lipinski definition) is 3. The molecular formula is C8H12N4O3. The van der Waals surface area contributed by atoms with E-state index >= 15 is 0 Å². The molecule has 1 aromatic heterocycles. The zero-order chi connectivity index (χ0) is 11.4.